The number of para-hydroxylation sites is 1. The molecule has 0 fully saturated rings. The Morgan fingerprint density at radius 3 is 2.82 bits per heavy atom. The van der Waals surface area contributed by atoms with Crippen LogP contribution in [0, 0.1) is 11.3 Å². The Hall–Kier alpha value is -2.41. The normalized spacial score (nSPS) is 12.8. The van der Waals surface area contributed by atoms with Crippen molar-refractivity contribution in [3.63, 3.8) is 0 Å². The largest absolute Gasteiger partial charge is 0.330 e. The van der Waals surface area contributed by atoms with Crippen molar-refractivity contribution >= 4 is 56.2 Å². The predicted molar refractivity (Wildman–Crippen MR) is 115 cm³/mol. The lowest BCUT2D eigenvalue weighted by molar-refractivity contribution is -0.113. The number of rotatable bonds is 6. The summed E-state index contributed by atoms with van der Waals surface area (Å²) in [6, 6.07) is 12.0. The summed E-state index contributed by atoms with van der Waals surface area (Å²) in [4.78, 5) is 13.6. The molecule has 2 aromatic heterocycles. The van der Waals surface area contributed by atoms with E-state index in [9.17, 15) is 10.1 Å². The van der Waals surface area contributed by atoms with Crippen LogP contribution in [0.5, 0.6) is 0 Å². The van der Waals surface area contributed by atoms with Gasteiger partial charge in [0.1, 0.15) is 11.1 Å². The first-order chi connectivity index (χ1) is 13.7. The van der Waals surface area contributed by atoms with Gasteiger partial charge in [-0.3, -0.25) is 4.79 Å². The average molecular weight is 428 g/mol. The van der Waals surface area contributed by atoms with Crippen LogP contribution >= 0.6 is 34.4 Å². The molecule has 2 N–H and O–H groups in total. The molecule has 0 unspecified atom stereocenters. The molecule has 28 heavy (non-hydrogen) atoms. The van der Waals surface area contributed by atoms with E-state index in [1.807, 2.05) is 30.3 Å². The van der Waals surface area contributed by atoms with Crippen molar-refractivity contribution in [1.29, 1.82) is 5.26 Å². The molecule has 0 radical (unpaired) electrons. The second kappa shape index (κ2) is 8.73. The standard InChI is InChI=1S/C19H17N5OS3/c20-10-14-13-8-4-5-9-15(13)27-17(14)22-16(25)11-26-19-24-23-18(28-19)21-12-6-2-1-3-7-12/h1-3,6-7H,4-5,8-9,11H2,(H,21,23)(H,22,25). The van der Waals surface area contributed by atoms with Crippen molar-refractivity contribution in [3.05, 3.63) is 46.3 Å². The van der Waals surface area contributed by atoms with Crippen LogP contribution in [0.4, 0.5) is 15.8 Å². The van der Waals surface area contributed by atoms with E-state index in [1.54, 1.807) is 11.3 Å². The first kappa shape index (κ1) is 18.9. The first-order valence-corrected chi connectivity index (χ1v) is 11.5. The fraction of sp³-hybridized carbons (Fsp3) is 0.263. The lowest BCUT2D eigenvalue weighted by Crippen LogP contribution is -2.13. The molecule has 0 atom stereocenters. The van der Waals surface area contributed by atoms with E-state index in [1.165, 1.54) is 28.0 Å². The number of thioether (sulfide) groups is 1. The van der Waals surface area contributed by atoms with Gasteiger partial charge in [-0.2, -0.15) is 5.26 Å². The minimum absolute atomic E-state index is 0.132. The number of aryl methyl sites for hydroxylation is 1. The Morgan fingerprint density at radius 1 is 1.18 bits per heavy atom. The summed E-state index contributed by atoms with van der Waals surface area (Å²) in [7, 11) is 0. The van der Waals surface area contributed by atoms with Crippen LogP contribution in [-0.2, 0) is 17.6 Å². The number of aromatic nitrogens is 2. The van der Waals surface area contributed by atoms with Gasteiger partial charge in [0.2, 0.25) is 11.0 Å². The second-order valence-electron chi connectivity index (χ2n) is 6.23. The summed E-state index contributed by atoms with van der Waals surface area (Å²) in [5.74, 6) is 0.0980. The van der Waals surface area contributed by atoms with Gasteiger partial charge in [0.05, 0.1) is 11.3 Å². The summed E-state index contributed by atoms with van der Waals surface area (Å²) in [5, 5.41) is 25.2. The smallest absolute Gasteiger partial charge is 0.235 e. The molecule has 1 aliphatic carbocycles. The number of thiophene rings is 1. The zero-order chi connectivity index (χ0) is 19.3. The number of hydrogen-bond acceptors (Lipinski definition) is 8. The van der Waals surface area contributed by atoms with Gasteiger partial charge >= 0.3 is 0 Å². The van der Waals surface area contributed by atoms with Gasteiger partial charge in [0.25, 0.3) is 0 Å². The Labute approximate surface area is 175 Å². The minimum Gasteiger partial charge on any atom is -0.330 e. The molecule has 2 heterocycles. The van der Waals surface area contributed by atoms with Crippen molar-refractivity contribution in [2.45, 2.75) is 30.0 Å². The van der Waals surface area contributed by atoms with Crippen LogP contribution < -0.4 is 10.6 Å². The highest BCUT2D eigenvalue weighted by Gasteiger charge is 2.21. The highest BCUT2D eigenvalue weighted by molar-refractivity contribution is 8.01. The molecule has 142 valence electrons. The lowest BCUT2D eigenvalue weighted by Gasteiger charge is -2.09. The van der Waals surface area contributed by atoms with Gasteiger partial charge in [-0.15, -0.1) is 21.5 Å². The molecule has 3 aromatic rings. The SMILES string of the molecule is N#Cc1c(NC(=O)CSc2nnc(Nc3ccccc3)s2)sc2c1CCCC2. The molecule has 9 heteroatoms. The van der Waals surface area contributed by atoms with Gasteiger partial charge in [-0.05, 0) is 43.4 Å². The molecule has 0 bridgehead atoms. The third-order valence-corrected chi connectivity index (χ3v) is 7.47. The maximum absolute atomic E-state index is 12.4. The number of fused-ring (bicyclic) bond motifs is 1. The number of anilines is 3. The lowest BCUT2D eigenvalue weighted by atomic mass is 9.96. The molecule has 1 amide bonds. The fourth-order valence-electron chi connectivity index (χ4n) is 3.03. The molecule has 0 aliphatic heterocycles. The molecular weight excluding hydrogens is 410 g/mol. The third-order valence-electron chi connectivity index (χ3n) is 4.29. The predicted octanol–water partition coefficient (Wildman–Crippen LogP) is 4.82. The maximum atomic E-state index is 12.4. The van der Waals surface area contributed by atoms with E-state index >= 15 is 0 Å². The number of benzene rings is 1. The van der Waals surface area contributed by atoms with Crippen molar-refractivity contribution in [3.8, 4) is 6.07 Å². The van der Waals surface area contributed by atoms with Gasteiger partial charge < -0.3 is 10.6 Å². The first-order valence-electron chi connectivity index (χ1n) is 8.86. The summed E-state index contributed by atoms with van der Waals surface area (Å²) >= 11 is 4.29. The molecule has 1 aromatic carbocycles. The molecule has 0 spiro atoms. The average Bonchev–Trinajstić information content (AvgIpc) is 3.30. The van der Waals surface area contributed by atoms with Crippen LogP contribution in [0.3, 0.4) is 0 Å². The van der Waals surface area contributed by atoms with E-state index in [0.29, 0.717) is 15.7 Å². The topological polar surface area (TPSA) is 90.7 Å². The maximum Gasteiger partial charge on any atom is 0.235 e. The summed E-state index contributed by atoms with van der Waals surface area (Å²) in [6.45, 7) is 0. The van der Waals surface area contributed by atoms with Crippen molar-refractivity contribution in [2.75, 3.05) is 16.4 Å². The van der Waals surface area contributed by atoms with Crippen molar-refractivity contribution < 1.29 is 4.79 Å². The summed E-state index contributed by atoms with van der Waals surface area (Å²) < 4.78 is 0.722. The molecule has 4 rings (SSSR count). The third kappa shape index (κ3) is 4.35. The van der Waals surface area contributed by atoms with Crippen molar-refractivity contribution in [1.82, 2.24) is 10.2 Å². The molecule has 0 saturated heterocycles. The Kier molecular flexibility index (Phi) is 5.90. The second-order valence-corrected chi connectivity index (χ2v) is 9.53. The number of nitrogens with one attached hydrogen (secondary N) is 2. The summed E-state index contributed by atoms with van der Waals surface area (Å²) in [6.07, 6.45) is 4.19. The molecule has 6 nitrogen and oxygen atoms in total. The van der Waals surface area contributed by atoms with Crippen LogP contribution in [0.1, 0.15) is 28.8 Å². The van der Waals surface area contributed by atoms with Crippen LogP contribution in [0.15, 0.2) is 34.7 Å². The van der Waals surface area contributed by atoms with E-state index < -0.39 is 0 Å². The van der Waals surface area contributed by atoms with Crippen LogP contribution in [-0.4, -0.2) is 21.9 Å². The van der Waals surface area contributed by atoms with Gasteiger partial charge in [0, 0.05) is 10.6 Å². The van der Waals surface area contributed by atoms with Gasteiger partial charge in [-0.1, -0.05) is 41.3 Å². The van der Waals surface area contributed by atoms with E-state index in [0.717, 1.165) is 41.3 Å². The number of nitrogens with zero attached hydrogens (tertiary/aromatic N) is 3. The molecule has 1 aliphatic rings. The molecular formula is C19H17N5OS3. The summed E-state index contributed by atoms with van der Waals surface area (Å²) in [5.41, 5.74) is 2.71. The Morgan fingerprint density at radius 2 is 2.00 bits per heavy atom. The number of hydrogen-bond donors (Lipinski definition) is 2. The van der Waals surface area contributed by atoms with E-state index in [2.05, 4.69) is 26.9 Å². The minimum atomic E-state index is -0.132. The molecule has 0 saturated carbocycles. The monoisotopic (exact) mass is 427 g/mol. The van der Waals surface area contributed by atoms with Gasteiger partial charge in [0.15, 0.2) is 4.34 Å². The zero-order valence-electron chi connectivity index (χ0n) is 14.9. The van der Waals surface area contributed by atoms with Crippen LogP contribution in [0.2, 0.25) is 0 Å². The highest BCUT2D eigenvalue weighted by Crippen LogP contribution is 2.37. The highest BCUT2D eigenvalue weighted by atomic mass is 32.2. The number of nitriles is 1. The fourth-order valence-corrected chi connectivity index (χ4v) is 5.85. The van der Waals surface area contributed by atoms with Crippen LogP contribution in [0.25, 0.3) is 0 Å². The number of carbonyl (C=O) groups is 1. The van der Waals surface area contributed by atoms with E-state index in [-0.39, 0.29) is 11.7 Å². The zero-order valence-corrected chi connectivity index (χ0v) is 17.3. The van der Waals surface area contributed by atoms with Gasteiger partial charge in [-0.25, -0.2) is 0 Å². The van der Waals surface area contributed by atoms with E-state index in [4.69, 9.17) is 0 Å². The Balaban J connectivity index is 1.34. The Bertz CT molecular complexity index is 1020. The quantitative estimate of drug-likeness (QED) is 0.548. The van der Waals surface area contributed by atoms with Crippen molar-refractivity contribution in [2.24, 2.45) is 0 Å². The number of amides is 1. The number of carbonyl (C=O) groups excluding carboxylic acids is 1.